The molecule has 0 aromatic heterocycles. The zero-order chi connectivity index (χ0) is 11.5. The maximum absolute atomic E-state index is 11.9. The minimum Gasteiger partial charge on any atom is -0.354 e. The molecule has 5 nitrogen and oxygen atoms in total. The van der Waals surface area contributed by atoms with E-state index in [4.69, 9.17) is 5.73 Å². The Morgan fingerprint density at radius 1 is 1.31 bits per heavy atom. The second-order valence-corrected chi connectivity index (χ2v) is 4.83. The van der Waals surface area contributed by atoms with E-state index in [1.807, 2.05) is 0 Å². The zero-order valence-corrected chi connectivity index (χ0v) is 9.37. The first-order valence-electron chi connectivity index (χ1n) is 5.98. The van der Waals surface area contributed by atoms with Crippen LogP contribution < -0.4 is 16.4 Å². The van der Waals surface area contributed by atoms with Gasteiger partial charge in [-0.3, -0.25) is 9.59 Å². The summed E-state index contributed by atoms with van der Waals surface area (Å²) in [5.74, 6) is 0.208. The Kier molecular flexibility index (Phi) is 3.43. The molecule has 5 heteroatoms. The summed E-state index contributed by atoms with van der Waals surface area (Å²) in [6, 6.07) is 0.245. The molecule has 90 valence electrons. The van der Waals surface area contributed by atoms with Crippen LogP contribution in [0.25, 0.3) is 0 Å². The third kappa shape index (κ3) is 2.72. The fourth-order valence-corrected chi connectivity index (χ4v) is 2.41. The summed E-state index contributed by atoms with van der Waals surface area (Å²) >= 11 is 0. The summed E-state index contributed by atoms with van der Waals surface area (Å²) < 4.78 is 0. The van der Waals surface area contributed by atoms with E-state index in [0.717, 1.165) is 25.7 Å². The van der Waals surface area contributed by atoms with E-state index >= 15 is 0 Å². The van der Waals surface area contributed by atoms with Gasteiger partial charge in [0.15, 0.2) is 0 Å². The Labute approximate surface area is 95.1 Å². The zero-order valence-electron chi connectivity index (χ0n) is 9.37. The van der Waals surface area contributed by atoms with Crippen molar-refractivity contribution in [3.8, 4) is 0 Å². The van der Waals surface area contributed by atoms with Gasteiger partial charge in [-0.1, -0.05) is 0 Å². The molecule has 0 radical (unpaired) electrons. The predicted molar refractivity (Wildman–Crippen MR) is 59.5 cm³/mol. The summed E-state index contributed by atoms with van der Waals surface area (Å²) in [7, 11) is 0. The summed E-state index contributed by atoms with van der Waals surface area (Å²) in [6.07, 6.45) is 4.03. The summed E-state index contributed by atoms with van der Waals surface area (Å²) in [4.78, 5) is 22.9. The molecule has 2 aliphatic rings. The highest BCUT2D eigenvalue weighted by atomic mass is 16.2. The smallest absolute Gasteiger partial charge is 0.223 e. The quantitative estimate of drug-likeness (QED) is 0.593. The SMILES string of the molecule is NC1CCC(C(=O)NC2CNC(=O)C2)CC1. The standard InChI is InChI=1S/C11H19N3O2/c12-8-3-1-7(2-4-8)11(16)14-9-5-10(15)13-6-9/h7-9H,1-6,12H2,(H,13,15)(H,14,16). The van der Waals surface area contributed by atoms with Crippen molar-refractivity contribution >= 4 is 11.8 Å². The molecular weight excluding hydrogens is 206 g/mol. The molecule has 0 bridgehead atoms. The van der Waals surface area contributed by atoms with Crippen molar-refractivity contribution in [1.29, 1.82) is 0 Å². The van der Waals surface area contributed by atoms with Crippen LogP contribution in [0.4, 0.5) is 0 Å². The van der Waals surface area contributed by atoms with E-state index < -0.39 is 0 Å². The number of hydrogen-bond acceptors (Lipinski definition) is 3. The fourth-order valence-electron chi connectivity index (χ4n) is 2.41. The first-order chi connectivity index (χ1) is 7.65. The molecule has 1 aliphatic heterocycles. The Morgan fingerprint density at radius 2 is 2.00 bits per heavy atom. The molecular formula is C11H19N3O2. The maximum atomic E-state index is 11.9. The van der Waals surface area contributed by atoms with Crippen molar-refractivity contribution in [1.82, 2.24) is 10.6 Å². The van der Waals surface area contributed by atoms with Crippen LogP contribution in [0.5, 0.6) is 0 Å². The lowest BCUT2D eigenvalue weighted by Crippen LogP contribution is -2.42. The number of nitrogens with one attached hydrogen (secondary N) is 2. The largest absolute Gasteiger partial charge is 0.354 e. The minimum absolute atomic E-state index is 0.0180. The van der Waals surface area contributed by atoms with Gasteiger partial charge in [0.05, 0.1) is 6.04 Å². The van der Waals surface area contributed by atoms with Crippen LogP contribution >= 0.6 is 0 Å². The summed E-state index contributed by atoms with van der Waals surface area (Å²) in [6.45, 7) is 0.566. The van der Waals surface area contributed by atoms with Gasteiger partial charge in [-0.15, -0.1) is 0 Å². The Bertz CT molecular complexity index is 285. The van der Waals surface area contributed by atoms with Crippen LogP contribution in [0.15, 0.2) is 0 Å². The average molecular weight is 225 g/mol. The Balaban J connectivity index is 1.77. The van der Waals surface area contributed by atoms with Gasteiger partial charge >= 0.3 is 0 Å². The molecule has 0 aromatic rings. The third-order valence-corrected chi connectivity index (χ3v) is 3.47. The normalized spacial score (nSPS) is 34.6. The number of rotatable bonds is 2. The van der Waals surface area contributed by atoms with Crippen LogP contribution in [-0.2, 0) is 9.59 Å². The third-order valence-electron chi connectivity index (χ3n) is 3.47. The van der Waals surface area contributed by atoms with Gasteiger partial charge in [-0.05, 0) is 25.7 Å². The van der Waals surface area contributed by atoms with Gasteiger partial charge in [0.25, 0.3) is 0 Å². The monoisotopic (exact) mass is 225 g/mol. The molecule has 0 aromatic carbocycles. The number of hydrogen-bond donors (Lipinski definition) is 3. The summed E-state index contributed by atoms with van der Waals surface area (Å²) in [5, 5.41) is 5.64. The molecule has 2 amide bonds. The van der Waals surface area contributed by atoms with Crippen molar-refractivity contribution in [2.45, 2.75) is 44.2 Å². The highest BCUT2D eigenvalue weighted by molar-refractivity contribution is 5.83. The molecule has 0 spiro atoms. The molecule has 2 fully saturated rings. The highest BCUT2D eigenvalue weighted by Gasteiger charge is 2.28. The Hall–Kier alpha value is -1.10. The van der Waals surface area contributed by atoms with Crippen LogP contribution in [0.3, 0.4) is 0 Å². The maximum Gasteiger partial charge on any atom is 0.223 e. The van der Waals surface area contributed by atoms with E-state index in [0.29, 0.717) is 13.0 Å². The highest BCUT2D eigenvalue weighted by Crippen LogP contribution is 2.23. The number of carbonyl (C=O) groups is 2. The van der Waals surface area contributed by atoms with E-state index in [-0.39, 0.29) is 29.8 Å². The van der Waals surface area contributed by atoms with E-state index in [2.05, 4.69) is 10.6 Å². The van der Waals surface area contributed by atoms with Crippen LogP contribution in [0.1, 0.15) is 32.1 Å². The van der Waals surface area contributed by atoms with Gasteiger partial charge in [-0.2, -0.15) is 0 Å². The van der Waals surface area contributed by atoms with E-state index in [9.17, 15) is 9.59 Å². The van der Waals surface area contributed by atoms with Gasteiger partial charge in [0.2, 0.25) is 11.8 Å². The van der Waals surface area contributed by atoms with E-state index in [1.54, 1.807) is 0 Å². The van der Waals surface area contributed by atoms with Gasteiger partial charge in [0, 0.05) is 24.9 Å². The topological polar surface area (TPSA) is 84.2 Å². The molecule has 1 saturated heterocycles. The van der Waals surface area contributed by atoms with Gasteiger partial charge in [0.1, 0.15) is 0 Å². The Morgan fingerprint density at radius 3 is 2.56 bits per heavy atom. The average Bonchev–Trinajstić information content (AvgIpc) is 2.65. The lowest BCUT2D eigenvalue weighted by atomic mass is 9.86. The fraction of sp³-hybridized carbons (Fsp3) is 0.818. The first kappa shape index (κ1) is 11.4. The first-order valence-corrected chi connectivity index (χ1v) is 5.98. The molecule has 1 atom stereocenters. The van der Waals surface area contributed by atoms with Gasteiger partial charge in [-0.25, -0.2) is 0 Å². The second-order valence-electron chi connectivity index (χ2n) is 4.83. The second kappa shape index (κ2) is 4.82. The molecule has 1 saturated carbocycles. The van der Waals surface area contributed by atoms with Crippen molar-refractivity contribution < 1.29 is 9.59 Å². The van der Waals surface area contributed by atoms with Crippen LogP contribution in [0.2, 0.25) is 0 Å². The number of carbonyl (C=O) groups excluding carboxylic acids is 2. The molecule has 1 heterocycles. The van der Waals surface area contributed by atoms with Crippen molar-refractivity contribution in [3.05, 3.63) is 0 Å². The van der Waals surface area contributed by atoms with Crippen molar-refractivity contribution in [2.24, 2.45) is 11.7 Å². The molecule has 2 rings (SSSR count). The van der Waals surface area contributed by atoms with Crippen molar-refractivity contribution in [2.75, 3.05) is 6.54 Å². The van der Waals surface area contributed by atoms with Gasteiger partial charge < -0.3 is 16.4 Å². The lowest BCUT2D eigenvalue weighted by molar-refractivity contribution is -0.126. The number of nitrogens with two attached hydrogens (primary N) is 1. The summed E-state index contributed by atoms with van der Waals surface area (Å²) in [5.41, 5.74) is 5.79. The van der Waals surface area contributed by atoms with Crippen LogP contribution in [0, 0.1) is 5.92 Å². The molecule has 1 unspecified atom stereocenters. The number of amides is 2. The predicted octanol–water partition coefficient (Wildman–Crippen LogP) is -0.491. The minimum atomic E-state index is -0.0180. The van der Waals surface area contributed by atoms with Crippen LogP contribution in [-0.4, -0.2) is 30.4 Å². The molecule has 16 heavy (non-hydrogen) atoms. The molecule has 1 aliphatic carbocycles. The van der Waals surface area contributed by atoms with E-state index in [1.165, 1.54) is 0 Å². The van der Waals surface area contributed by atoms with Crippen molar-refractivity contribution in [3.63, 3.8) is 0 Å². The lowest BCUT2D eigenvalue weighted by Gasteiger charge is -2.26. The molecule has 4 N–H and O–H groups in total.